The molecule has 0 fully saturated rings. The van der Waals surface area contributed by atoms with Gasteiger partial charge in [-0.05, 0) is 29.8 Å². The lowest BCUT2D eigenvalue weighted by atomic mass is 9.78. The number of hydrogen-bond donors (Lipinski definition) is 1. The van der Waals surface area contributed by atoms with Crippen molar-refractivity contribution in [2.45, 2.75) is 19.3 Å². The van der Waals surface area contributed by atoms with Crippen LogP contribution in [0.3, 0.4) is 0 Å². The van der Waals surface area contributed by atoms with E-state index in [1.165, 1.54) is 17.1 Å². The van der Waals surface area contributed by atoms with Gasteiger partial charge in [0.2, 0.25) is 0 Å². The predicted octanol–water partition coefficient (Wildman–Crippen LogP) is 2.56. The van der Waals surface area contributed by atoms with Crippen LogP contribution in [0.15, 0.2) is 61.2 Å². The van der Waals surface area contributed by atoms with Crippen LogP contribution >= 0.6 is 0 Å². The van der Waals surface area contributed by atoms with Crippen molar-refractivity contribution in [3.8, 4) is 5.75 Å². The molecule has 0 radical (unpaired) electrons. The van der Waals surface area contributed by atoms with Gasteiger partial charge < -0.3 is 15.3 Å². The summed E-state index contributed by atoms with van der Waals surface area (Å²) in [6, 6.07) is 18.5. The Morgan fingerprint density at radius 3 is 2.00 bits per heavy atom. The monoisotopic (exact) mass is 316 g/mol. The van der Waals surface area contributed by atoms with Gasteiger partial charge in [0.25, 0.3) is 0 Å². The van der Waals surface area contributed by atoms with Gasteiger partial charge in [-0.25, -0.2) is 4.79 Å². The molecule has 2 aromatic carbocycles. The second kappa shape index (κ2) is 10.4. The van der Waals surface area contributed by atoms with Crippen LogP contribution in [0.4, 0.5) is 0 Å². The third-order valence-electron chi connectivity index (χ3n) is 3.43. The summed E-state index contributed by atoms with van der Waals surface area (Å²) in [5.74, 6) is 2.04. The zero-order valence-electron chi connectivity index (χ0n) is 13.6. The summed E-state index contributed by atoms with van der Waals surface area (Å²) in [6.45, 7) is 7.48. The fourth-order valence-corrected chi connectivity index (χ4v) is 2.15. The highest BCUT2D eigenvalue weighted by atomic mass is 16.5. The zero-order valence-corrected chi connectivity index (χ0v) is 13.6. The van der Waals surface area contributed by atoms with Gasteiger partial charge in [0.05, 0.1) is 6.61 Å². The zero-order chi connectivity index (χ0) is 16.4. The van der Waals surface area contributed by atoms with Crippen molar-refractivity contribution >= 4 is 5.94 Å². The Morgan fingerprint density at radius 1 is 1.04 bits per heavy atom. The van der Waals surface area contributed by atoms with E-state index < -0.39 is 0 Å². The molecule has 0 amide bonds. The number of aliphatic hydroxyl groups is 1. The first-order valence-corrected chi connectivity index (χ1v) is 7.10. The van der Waals surface area contributed by atoms with Crippen LogP contribution in [0.5, 0.6) is 5.75 Å². The van der Waals surface area contributed by atoms with E-state index in [4.69, 9.17) is 14.6 Å². The van der Waals surface area contributed by atoms with E-state index in [1.807, 2.05) is 18.2 Å². The van der Waals surface area contributed by atoms with Crippen LogP contribution in [0.25, 0.3) is 0 Å². The summed E-state index contributed by atoms with van der Waals surface area (Å²) in [5, 5.41) is 8.74. The Kier molecular flexibility index (Phi) is 9.28. The van der Waals surface area contributed by atoms with Gasteiger partial charge >= 0.3 is 0 Å². The maximum absolute atomic E-state index is 8.74. The van der Waals surface area contributed by atoms with E-state index in [0.717, 1.165) is 5.75 Å². The minimum Gasteiger partial charge on any atom is -0.491 e. The van der Waals surface area contributed by atoms with Crippen LogP contribution < -0.4 is 4.74 Å². The lowest BCUT2D eigenvalue weighted by molar-refractivity contribution is 0.201. The fourth-order valence-electron chi connectivity index (χ4n) is 2.15. The van der Waals surface area contributed by atoms with E-state index in [9.17, 15) is 0 Å². The molecule has 0 saturated carbocycles. The standard InChI is InChI=1S/C17H20O2.C2H2O.H2O/c1-17(2,14-6-4-3-5-7-14)15-8-10-16(11-9-15)19-13-12-18;1-2-3;/h3-11,18H,12-13H2,1-2H3;1H2;1H2. The van der Waals surface area contributed by atoms with Gasteiger partial charge in [0.1, 0.15) is 18.3 Å². The molecule has 0 aliphatic carbocycles. The Balaban J connectivity index is 0.00000112. The third-order valence-corrected chi connectivity index (χ3v) is 3.43. The van der Waals surface area contributed by atoms with Gasteiger partial charge in [-0.1, -0.05) is 56.3 Å². The van der Waals surface area contributed by atoms with Crippen LogP contribution in [-0.4, -0.2) is 29.7 Å². The van der Waals surface area contributed by atoms with E-state index in [0.29, 0.717) is 6.61 Å². The Labute approximate surface area is 137 Å². The highest BCUT2D eigenvalue weighted by molar-refractivity contribution is 5.40. The predicted molar refractivity (Wildman–Crippen MR) is 92.5 cm³/mol. The molecule has 124 valence electrons. The lowest BCUT2D eigenvalue weighted by Crippen LogP contribution is -2.18. The first kappa shape index (κ1) is 20.6. The quantitative estimate of drug-likeness (QED) is 0.861. The highest BCUT2D eigenvalue weighted by Crippen LogP contribution is 2.32. The van der Waals surface area contributed by atoms with Crippen LogP contribution in [0.2, 0.25) is 0 Å². The van der Waals surface area contributed by atoms with E-state index in [-0.39, 0.29) is 17.5 Å². The topological polar surface area (TPSA) is 78.0 Å². The summed E-state index contributed by atoms with van der Waals surface area (Å²) >= 11 is 0. The molecule has 0 unspecified atom stereocenters. The second-order valence-electron chi connectivity index (χ2n) is 5.23. The molecule has 2 aromatic rings. The Morgan fingerprint density at radius 2 is 1.52 bits per heavy atom. The van der Waals surface area contributed by atoms with Crippen LogP contribution in [0.1, 0.15) is 25.0 Å². The summed E-state index contributed by atoms with van der Waals surface area (Å²) in [7, 11) is 0. The fraction of sp³-hybridized carbons (Fsp3) is 0.263. The molecule has 4 heteroatoms. The van der Waals surface area contributed by atoms with Crippen molar-refractivity contribution in [1.82, 2.24) is 0 Å². The van der Waals surface area contributed by atoms with Crippen LogP contribution in [-0.2, 0) is 10.2 Å². The molecule has 23 heavy (non-hydrogen) atoms. The SMILES string of the molecule is C=C=O.CC(C)(c1ccccc1)c1ccc(OCCO)cc1.O. The number of benzene rings is 2. The van der Waals surface area contributed by atoms with Gasteiger partial charge in [0.15, 0.2) is 0 Å². The minimum atomic E-state index is -0.0310. The number of carbonyl (C=O) groups excluding carboxylic acids is 1. The van der Waals surface area contributed by atoms with Crippen molar-refractivity contribution in [1.29, 1.82) is 0 Å². The third kappa shape index (κ3) is 6.09. The number of ether oxygens (including phenoxy) is 1. The lowest BCUT2D eigenvalue weighted by Gasteiger charge is -2.26. The molecule has 0 aromatic heterocycles. The molecule has 0 bridgehead atoms. The molecule has 0 heterocycles. The Bertz CT molecular complexity index is 583. The van der Waals surface area contributed by atoms with Crippen LogP contribution in [0, 0.1) is 0 Å². The summed E-state index contributed by atoms with van der Waals surface area (Å²) in [4.78, 5) is 8.57. The maximum Gasteiger partial charge on any atom is 0.119 e. The van der Waals surface area contributed by atoms with Gasteiger partial charge in [-0.15, -0.1) is 0 Å². The van der Waals surface area contributed by atoms with Gasteiger partial charge in [-0.3, -0.25) is 0 Å². The molecule has 0 spiro atoms. The van der Waals surface area contributed by atoms with Gasteiger partial charge in [-0.2, -0.15) is 0 Å². The first-order chi connectivity index (χ1) is 10.6. The van der Waals surface area contributed by atoms with Crippen molar-refractivity contribution in [3.63, 3.8) is 0 Å². The van der Waals surface area contributed by atoms with E-state index >= 15 is 0 Å². The first-order valence-electron chi connectivity index (χ1n) is 7.10. The second-order valence-corrected chi connectivity index (χ2v) is 5.23. The average molecular weight is 316 g/mol. The maximum atomic E-state index is 8.74. The van der Waals surface area contributed by atoms with Crippen molar-refractivity contribution in [2.75, 3.05) is 13.2 Å². The van der Waals surface area contributed by atoms with Crippen molar-refractivity contribution in [3.05, 3.63) is 72.3 Å². The largest absolute Gasteiger partial charge is 0.491 e. The number of hydrogen-bond acceptors (Lipinski definition) is 3. The molecule has 0 aliphatic rings. The molecule has 2 rings (SSSR count). The molecule has 0 atom stereocenters. The molecular weight excluding hydrogens is 292 g/mol. The summed E-state index contributed by atoms with van der Waals surface area (Å²) in [6.07, 6.45) is 0. The average Bonchev–Trinajstić information content (AvgIpc) is 2.55. The van der Waals surface area contributed by atoms with Crippen molar-refractivity contribution in [2.24, 2.45) is 0 Å². The van der Waals surface area contributed by atoms with E-state index in [2.05, 4.69) is 56.8 Å². The minimum absolute atomic E-state index is 0. The summed E-state index contributed by atoms with van der Waals surface area (Å²) in [5.41, 5.74) is 2.51. The molecule has 3 N–H and O–H groups in total. The number of rotatable bonds is 5. The van der Waals surface area contributed by atoms with Gasteiger partial charge in [0, 0.05) is 5.41 Å². The van der Waals surface area contributed by atoms with Crippen molar-refractivity contribution < 1.29 is 20.1 Å². The summed E-state index contributed by atoms with van der Waals surface area (Å²) < 4.78 is 5.38. The normalized spacial score (nSPS) is 9.70. The number of aliphatic hydroxyl groups excluding tert-OH is 1. The highest BCUT2D eigenvalue weighted by Gasteiger charge is 2.22. The molecule has 4 nitrogen and oxygen atoms in total. The molecule has 0 saturated heterocycles. The molecule has 0 aliphatic heterocycles. The van der Waals surface area contributed by atoms with E-state index in [1.54, 1.807) is 0 Å². The smallest absolute Gasteiger partial charge is 0.119 e. The molecular formula is C19H24O4. The Hall–Kier alpha value is -2.39.